The van der Waals surface area contributed by atoms with E-state index in [0.717, 1.165) is 6.42 Å². The smallest absolute Gasteiger partial charge is 0.306 e. The molecule has 0 unspecified atom stereocenters. The molecule has 0 fully saturated rings. The third kappa shape index (κ3) is 15.4. The lowest BCUT2D eigenvalue weighted by Crippen LogP contribution is -2.10. The summed E-state index contributed by atoms with van der Waals surface area (Å²) in [5, 5.41) is 0. The normalized spacial score (nSPS) is 10.9. The molecule has 0 saturated carbocycles. The minimum Gasteiger partial charge on any atom is -0.463 e. The van der Waals surface area contributed by atoms with Crippen LogP contribution in [0, 0.1) is 0 Å². The van der Waals surface area contributed by atoms with Crippen LogP contribution in [0.1, 0.15) is 97.8 Å². The SMILES string of the molecule is CCCCCCCCCCCC[13CH2][13C](=O)OC(C)C. The van der Waals surface area contributed by atoms with Gasteiger partial charge in [0.2, 0.25) is 0 Å². The van der Waals surface area contributed by atoms with Crippen molar-refractivity contribution in [3.05, 3.63) is 0 Å². The molecule has 0 aliphatic rings. The molecule has 0 bridgehead atoms. The van der Waals surface area contributed by atoms with E-state index in [1.807, 2.05) is 13.8 Å². The van der Waals surface area contributed by atoms with Gasteiger partial charge in [-0.25, -0.2) is 0 Å². The molecule has 0 N–H and O–H groups in total. The van der Waals surface area contributed by atoms with Crippen molar-refractivity contribution in [2.45, 2.75) is 104 Å². The average Bonchev–Trinajstić information content (AvgIpc) is 2.35. The second-order valence-electron chi connectivity index (χ2n) is 5.82. The van der Waals surface area contributed by atoms with Gasteiger partial charge in [0.1, 0.15) is 0 Å². The van der Waals surface area contributed by atoms with Crippen molar-refractivity contribution < 1.29 is 9.53 Å². The maximum Gasteiger partial charge on any atom is 0.306 e. The van der Waals surface area contributed by atoms with Crippen molar-refractivity contribution in [2.24, 2.45) is 0 Å². The van der Waals surface area contributed by atoms with Crippen molar-refractivity contribution in [1.82, 2.24) is 0 Å². The quantitative estimate of drug-likeness (QED) is 0.246. The Hall–Kier alpha value is -0.530. The van der Waals surface area contributed by atoms with Gasteiger partial charge in [0.25, 0.3) is 0 Å². The van der Waals surface area contributed by atoms with Crippen LogP contribution in [0.25, 0.3) is 0 Å². The topological polar surface area (TPSA) is 26.3 Å². The first kappa shape index (κ1) is 18.5. The summed E-state index contributed by atoms with van der Waals surface area (Å²) in [5.74, 6) is -0.0362. The molecule has 0 heterocycles. The van der Waals surface area contributed by atoms with E-state index in [1.54, 1.807) is 0 Å². The molecule has 0 spiro atoms. The van der Waals surface area contributed by atoms with Crippen molar-refractivity contribution in [2.75, 3.05) is 0 Å². The summed E-state index contributed by atoms with van der Waals surface area (Å²) in [5.41, 5.74) is 0. The van der Waals surface area contributed by atoms with Gasteiger partial charge in [-0.1, -0.05) is 71.1 Å². The Bertz CT molecular complexity index is 199. The Morgan fingerprint density at radius 1 is 0.789 bits per heavy atom. The van der Waals surface area contributed by atoms with Crippen LogP contribution in [0.15, 0.2) is 0 Å². The summed E-state index contributed by atoms with van der Waals surface area (Å²) in [6, 6.07) is 0. The fourth-order valence-corrected chi connectivity index (χ4v) is 2.26. The summed E-state index contributed by atoms with van der Waals surface area (Å²) in [7, 11) is 0. The summed E-state index contributed by atoms with van der Waals surface area (Å²) >= 11 is 0. The van der Waals surface area contributed by atoms with Gasteiger partial charge in [0.05, 0.1) is 6.10 Å². The fraction of sp³-hybridized carbons (Fsp3) is 0.941. The van der Waals surface area contributed by atoms with E-state index in [1.165, 1.54) is 64.2 Å². The maximum absolute atomic E-state index is 11.3. The number of hydrogen-bond acceptors (Lipinski definition) is 2. The van der Waals surface area contributed by atoms with Gasteiger partial charge >= 0.3 is 5.97 Å². The Morgan fingerprint density at radius 3 is 1.63 bits per heavy atom. The second-order valence-corrected chi connectivity index (χ2v) is 5.82. The van der Waals surface area contributed by atoms with Gasteiger partial charge in [-0.15, -0.1) is 0 Å². The third-order valence-corrected chi connectivity index (χ3v) is 3.35. The molecule has 2 nitrogen and oxygen atoms in total. The zero-order valence-electron chi connectivity index (χ0n) is 13.4. The monoisotopic (exact) mass is 272 g/mol. The van der Waals surface area contributed by atoms with E-state index in [4.69, 9.17) is 4.74 Å². The Labute approximate surface area is 120 Å². The standard InChI is InChI=1S/C17H34O2/c1-4-5-6-7-8-9-10-11-12-13-14-15-17(18)19-16(2)3/h16H,4-15H2,1-3H3/i15+1,17+1. The Morgan fingerprint density at radius 2 is 1.21 bits per heavy atom. The lowest BCUT2D eigenvalue weighted by atomic mass is 10.1. The molecular weight excluding hydrogens is 238 g/mol. The summed E-state index contributed by atoms with van der Waals surface area (Å²) in [6.45, 7) is 6.06. The van der Waals surface area contributed by atoms with Gasteiger partial charge in [0, 0.05) is 6.42 Å². The van der Waals surface area contributed by atoms with E-state index >= 15 is 0 Å². The van der Waals surface area contributed by atoms with Crippen LogP contribution in [0.2, 0.25) is 0 Å². The fourth-order valence-electron chi connectivity index (χ4n) is 2.26. The molecule has 0 aromatic heterocycles. The molecule has 0 rings (SSSR count). The largest absolute Gasteiger partial charge is 0.463 e. The first-order valence-corrected chi connectivity index (χ1v) is 8.36. The van der Waals surface area contributed by atoms with Crippen LogP contribution in [-0.2, 0) is 9.53 Å². The molecular formula is C17H34O2. The van der Waals surface area contributed by atoms with Gasteiger partial charge in [-0.2, -0.15) is 0 Å². The molecule has 0 radical (unpaired) electrons. The van der Waals surface area contributed by atoms with E-state index in [-0.39, 0.29) is 12.1 Å². The molecule has 0 atom stereocenters. The summed E-state index contributed by atoms with van der Waals surface area (Å²) < 4.78 is 5.10. The van der Waals surface area contributed by atoms with Crippen molar-refractivity contribution in [1.29, 1.82) is 0 Å². The van der Waals surface area contributed by atoms with Crippen molar-refractivity contribution >= 4 is 5.97 Å². The van der Waals surface area contributed by atoms with Gasteiger partial charge in [-0.05, 0) is 20.3 Å². The maximum atomic E-state index is 11.3. The molecule has 0 aromatic carbocycles. The number of esters is 1. The highest BCUT2D eigenvalue weighted by molar-refractivity contribution is 5.69. The van der Waals surface area contributed by atoms with Crippen LogP contribution in [0.5, 0.6) is 0 Å². The predicted molar refractivity (Wildman–Crippen MR) is 82.3 cm³/mol. The highest BCUT2D eigenvalue weighted by Crippen LogP contribution is 2.12. The van der Waals surface area contributed by atoms with Crippen LogP contribution >= 0.6 is 0 Å². The molecule has 0 amide bonds. The van der Waals surface area contributed by atoms with E-state index in [0.29, 0.717) is 6.42 Å². The molecule has 114 valence electrons. The van der Waals surface area contributed by atoms with Gasteiger partial charge in [0.15, 0.2) is 0 Å². The van der Waals surface area contributed by atoms with Crippen LogP contribution in [0.4, 0.5) is 0 Å². The molecule has 2 heteroatoms. The van der Waals surface area contributed by atoms with Gasteiger partial charge < -0.3 is 4.74 Å². The number of rotatable bonds is 13. The van der Waals surface area contributed by atoms with Crippen molar-refractivity contribution in [3.63, 3.8) is 0 Å². The van der Waals surface area contributed by atoms with Gasteiger partial charge in [-0.3, -0.25) is 4.79 Å². The van der Waals surface area contributed by atoms with Crippen LogP contribution in [0.3, 0.4) is 0 Å². The highest BCUT2D eigenvalue weighted by atomic mass is 16.6. The minimum absolute atomic E-state index is 0.0280. The number of carbonyl (C=O) groups is 1. The lowest BCUT2D eigenvalue weighted by Gasteiger charge is -2.07. The van der Waals surface area contributed by atoms with E-state index in [9.17, 15) is 4.79 Å². The first-order valence-electron chi connectivity index (χ1n) is 8.36. The summed E-state index contributed by atoms with van der Waals surface area (Å²) in [4.78, 5) is 11.3. The Balaban J connectivity index is 3.08. The predicted octanol–water partition coefficient (Wildman–Crippen LogP) is 5.64. The third-order valence-electron chi connectivity index (χ3n) is 3.35. The number of ether oxygens (including phenoxy) is 1. The highest BCUT2D eigenvalue weighted by Gasteiger charge is 2.04. The van der Waals surface area contributed by atoms with Crippen LogP contribution < -0.4 is 0 Å². The molecule has 0 saturated heterocycles. The van der Waals surface area contributed by atoms with Crippen LogP contribution in [-0.4, -0.2) is 12.1 Å². The van der Waals surface area contributed by atoms with Crippen molar-refractivity contribution in [3.8, 4) is 0 Å². The first-order chi connectivity index (χ1) is 9.16. The number of hydrogen-bond donors (Lipinski definition) is 0. The second kappa shape index (κ2) is 13.9. The zero-order valence-corrected chi connectivity index (χ0v) is 13.4. The number of carbonyl (C=O) groups excluding carboxylic acids is 1. The molecule has 0 aliphatic carbocycles. The Kier molecular flexibility index (Phi) is 13.5. The van der Waals surface area contributed by atoms with E-state index in [2.05, 4.69) is 6.92 Å². The zero-order chi connectivity index (χ0) is 14.3. The molecule has 0 aromatic rings. The average molecular weight is 272 g/mol. The number of unbranched alkanes of at least 4 members (excludes halogenated alkanes) is 10. The minimum atomic E-state index is -0.0362. The van der Waals surface area contributed by atoms with E-state index < -0.39 is 0 Å². The summed E-state index contributed by atoms with van der Waals surface area (Å²) in [6.07, 6.45) is 15.1. The molecule has 19 heavy (non-hydrogen) atoms. The molecule has 0 aliphatic heterocycles. The lowest BCUT2D eigenvalue weighted by molar-refractivity contribution is -0.147.